The van der Waals surface area contributed by atoms with E-state index in [1.165, 1.54) is 0 Å². The molecule has 0 fully saturated rings. The van der Waals surface area contributed by atoms with Gasteiger partial charge in [0.2, 0.25) is 0 Å². The van der Waals surface area contributed by atoms with Crippen LogP contribution >= 0.6 is 34.2 Å². The highest BCUT2D eigenvalue weighted by Crippen LogP contribution is 2.25. The van der Waals surface area contributed by atoms with Crippen LogP contribution in [0.4, 0.5) is 16.3 Å². The summed E-state index contributed by atoms with van der Waals surface area (Å²) in [6.07, 6.45) is 2.67. The van der Waals surface area contributed by atoms with Crippen LogP contribution in [-0.4, -0.2) is 27.9 Å². The number of nitrogens with zero attached hydrogens (tertiary/aromatic N) is 3. The van der Waals surface area contributed by atoms with Crippen LogP contribution in [0.15, 0.2) is 47.7 Å². The van der Waals surface area contributed by atoms with Gasteiger partial charge < -0.3 is 4.74 Å². The summed E-state index contributed by atoms with van der Waals surface area (Å²) in [5.41, 5.74) is 4.02. The van der Waals surface area contributed by atoms with Crippen molar-refractivity contribution in [3.05, 3.63) is 56.9 Å². The first-order chi connectivity index (χ1) is 13.7. The van der Waals surface area contributed by atoms with Gasteiger partial charge in [0.25, 0.3) is 0 Å². The van der Waals surface area contributed by atoms with Crippen molar-refractivity contribution in [2.75, 3.05) is 10.7 Å². The van der Waals surface area contributed by atoms with Gasteiger partial charge in [0.15, 0.2) is 5.82 Å². The minimum atomic E-state index is -0.587. The Morgan fingerprint density at radius 1 is 1.24 bits per heavy atom. The second-order valence-electron chi connectivity index (χ2n) is 7.07. The maximum atomic E-state index is 12.1. The van der Waals surface area contributed by atoms with Crippen molar-refractivity contribution in [2.24, 2.45) is 5.10 Å². The first-order valence-corrected chi connectivity index (χ1v) is 10.2. The van der Waals surface area contributed by atoms with Crippen molar-refractivity contribution in [1.82, 2.24) is 9.97 Å². The van der Waals surface area contributed by atoms with Gasteiger partial charge >= 0.3 is 6.09 Å². The summed E-state index contributed by atoms with van der Waals surface area (Å²) in [7, 11) is 0. The Morgan fingerprint density at radius 2 is 2.03 bits per heavy atom. The molecule has 1 amide bonds. The Balaban J connectivity index is 1.81. The molecule has 0 bridgehead atoms. The second kappa shape index (κ2) is 8.91. The van der Waals surface area contributed by atoms with E-state index in [9.17, 15) is 4.79 Å². The van der Waals surface area contributed by atoms with E-state index < -0.39 is 11.7 Å². The van der Waals surface area contributed by atoms with Crippen molar-refractivity contribution in [1.29, 1.82) is 0 Å². The Morgan fingerprint density at radius 3 is 2.79 bits per heavy atom. The quantitative estimate of drug-likeness (QED) is 0.261. The first-order valence-electron chi connectivity index (χ1n) is 8.72. The summed E-state index contributed by atoms with van der Waals surface area (Å²) in [6, 6.07) is 11.1. The molecule has 0 atom stereocenters. The van der Waals surface area contributed by atoms with Gasteiger partial charge in [-0.2, -0.15) is 5.10 Å². The molecule has 3 rings (SSSR count). The second-order valence-corrected chi connectivity index (χ2v) is 8.61. The van der Waals surface area contributed by atoms with E-state index in [0.29, 0.717) is 27.7 Å². The fourth-order valence-corrected chi connectivity index (χ4v) is 2.98. The third kappa shape index (κ3) is 5.77. The monoisotopic (exact) mass is 523 g/mol. The van der Waals surface area contributed by atoms with Gasteiger partial charge in [-0.1, -0.05) is 29.8 Å². The Hall–Kier alpha value is -2.46. The summed E-state index contributed by atoms with van der Waals surface area (Å²) in [5, 5.41) is 8.29. The molecule has 1 aromatic carbocycles. The number of pyridine rings is 2. The molecule has 3 aromatic rings. The SMILES string of the molecule is CC(C)(C)OC(=O)Nc1cccc2ccc(/C=N/Nc3nccc(I)c3Cl)nc12. The molecule has 29 heavy (non-hydrogen) atoms. The molecular formula is C20H19ClIN5O2. The number of hydrazone groups is 1. The molecule has 0 saturated carbocycles. The number of amides is 1. The number of fused-ring (bicyclic) bond motifs is 1. The van der Waals surface area contributed by atoms with Crippen LogP contribution in [0.3, 0.4) is 0 Å². The number of hydrogen-bond acceptors (Lipinski definition) is 6. The van der Waals surface area contributed by atoms with Gasteiger partial charge in [-0.3, -0.25) is 10.7 Å². The van der Waals surface area contributed by atoms with E-state index in [-0.39, 0.29) is 0 Å². The van der Waals surface area contributed by atoms with Crippen molar-refractivity contribution in [3.63, 3.8) is 0 Å². The number of rotatable bonds is 4. The maximum Gasteiger partial charge on any atom is 0.412 e. The fourth-order valence-electron chi connectivity index (χ4n) is 2.41. The Bertz CT molecular complexity index is 1080. The van der Waals surface area contributed by atoms with Crippen LogP contribution in [0.25, 0.3) is 10.9 Å². The average Bonchev–Trinajstić information content (AvgIpc) is 2.64. The van der Waals surface area contributed by atoms with Crippen LogP contribution in [0.1, 0.15) is 26.5 Å². The first kappa shape index (κ1) is 21.3. The zero-order chi connectivity index (χ0) is 21.0. The number of ether oxygens (including phenoxy) is 1. The molecular weight excluding hydrogens is 505 g/mol. The van der Waals surface area contributed by atoms with E-state index in [1.807, 2.05) is 51.1 Å². The third-order valence-corrected chi connectivity index (χ3v) is 5.19. The van der Waals surface area contributed by atoms with Crippen LogP contribution < -0.4 is 10.7 Å². The van der Waals surface area contributed by atoms with Crippen molar-refractivity contribution < 1.29 is 9.53 Å². The predicted molar refractivity (Wildman–Crippen MR) is 125 cm³/mol. The van der Waals surface area contributed by atoms with Gasteiger partial charge in [-0.15, -0.1) is 0 Å². The van der Waals surface area contributed by atoms with E-state index in [2.05, 4.69) is 48.4 Å². The number of carbonyl (C=O) groups excluding carboxylic acids is 1. The lowest BCUT2D eigenvalue weighted by Gasteiger charge is -2.20. The van der Waals surface area contributed by atoms with Crippen LogP contribution in [0.2, 0.25) is 5.02 Å². The molecule has 0 radical (unpaired) electrons. The minimum absolute atomic E-state index is 0.461. The third-order valence-electron chi connectivity index (χ3n) is 3.59. The average molecular weight is 524 g/mol. The molecule has 0 aliphatic heterocycles. The number of benzene rings is 1. The normalized spacial score (nSPS) is 11.6. The minimum Gasteiger partial charge on any atom is -0.444 e. The molecule has 2 aromatic heterocycles. The highest BCUT2D eigenvalue weighted by atomic mass is 127. The molecule has 0 unspecified atom stereocenters. The number of halogens is 2. The highest BCUT2D eigenvalue weighted by Gasteiger charge is 2.17. The van der Waals surface area contributed by atoms with Crippen LogP contribution in [-0.2, 0) is 4.74 Å². The topological polar surface area (TPSA) is 88.5 Å². The zero-order valence-electron chi connectivity index (χ0n) is 16.0. The zero-order valence-corrected chi connectivity index (χ0v) is 18.9. The van der Waals surface area contributed by atoms with Crippen LogP contribution in [0.5, 0.6) is 0 Å². The van der Waals surface area contributed by atoms with Gasteiger partial charge in [-0.25, -0.2) is 14.8 Å². The largest absolute Gasteiger partial charge is 0.444 e. The Kier molecular flexibility index (Phi) is 6.53. The molecule has 2 N–H and O–H groups in total. The standard InChI is InChI=1S/C20H19ClIN5O2/c1-20(2,3)29-19(28)26-15-6-4-5-12-7-8-13(25-17(12)15)11-24-27-18-16(21)14(22)9-10-23-18/h4-11H,1-3H3,(H,23,27)(H,26,28)/b24-11+. The predicted octanol–water partition coefficient (Wildman–Crippen LogP) is 5.68. The van der Waals surface area contributed by atoms with E-state index in [1.54, 1.807) is 18.5 Å². The van der Waals surface area contributed by atoms with Gasteiger partial charge in [0.1, 0.15) is 5.60 Å². The molecule has 0 saturated heterocycles. The molecule has 9 heteroatoms. The lowest BCUT2D eigenvalue weighted by molar-refractivity contribution is 0.0636. The maximum absolute atomic E-state index is 12.1. The summed E-state index contributed by atoms with van der Waals surface area (Å²) in [5.74, 6) is 0.461. The van der Waals surface area contributed by atoms with Crippen LogP contribution in [0, 0.1) is 3.57 Å². The van der Waals surface area contributed by atoms with Gasteiger partial charge in [0, 0.05) is 15.2 Å². The van der Waals surface area contributed by atoms with Crippen molar-refractivity contribution >= 4 is 68.9 Å². The Labute approximate surface area is 187 Å². The van der Waals surface area contributed by atoms with Gasteiger partial charge in [-0.05, 0) is 61.6 Å². The number of aromatic nitrogens is 2. The molecule has 7 nitrogen and oxygen atoms in total. The number of nitrogens with one attached hydrogen (secondary N) is 2. The number of anilines is 2. The van der Waals surface area contributed by atoms with Crippen molar-refractivity contribution in [2.45, 2.75) is 26.4 Å². The summed E-state index contributed by atoms with van der Waals surface area (Å²) in [4.78, 5) is 20.9. The molecule has 0 aliphatic rings. The van der Waals surface area contributed by atoms with E-state index in [4.69, 9.17) is 16.3 Å². The highest BCUT2D eigenvalue weighted by molar-refractivity contribution is 14.1. The van der Waals surface area contributed by atoms with Gasteiger partial charge in [0.05, 0.1) is 28.1 Å². The lowest BCUT2D eigenvalue weighted by atomic mass is 10.1. The smallest absolute Gasteiger partial charge is 0.412 e. The number of hydrogen-bond donors (Lipinski definition) is 2. The number of carbonyl (C=O) groups is 1. The summed E-state index contributed by atoms with van der Waals surface area (Å²) in [6.45, 7) is 5.43. The molecule has 2 heterocycles. The lowest BCUT2D eigenvalue weighted by Crippen LogP contribution is -2.27. The summed E-state index contributed by atoms with van der Waals surface area (Å²) >= 11 is 8.32. The molecule has 0 spiro atoms. The molecule has 0 aliphatic carbocycles. The van der Waals surface area contributed by atoms with E-state index in [0.717, 1.165) is 8.96 Å². The fraction of sp³-hybridized carbons (Fsp3) is 0.200. The molecule has 150 valence electrons. The number of para-hydroxylation sites is 1. The van der Waals surface area contributed by atoms with E-state index >= 15 is 0 Å². The summed E-state index contributed by atoms with van der Waals surface area (Å²) < 4.78 is 6.20. The van der Waals surface area contributed by atoms with Crippen molar-refractivity contribution in [3.8, 4) is 0 Å².